The highest BCUT2D eigenvalue weighted by Gasteiger charge is 2.21. The molecule has 0 fully saturated rings. The second-order valence-electron chi connectivity index (χ2n) is 6.83. The predicted octanol–water partition coefficient (Wildman–Crippen LogP) is 3.62. The van der Waals surface area contributed by atoms with Crippen molar-refractivity contribution in [3.63, 3.8) is 0 Å². The Balaban J connectivity index is 1.54. The Morgan fingerprint density at radius 2 is 1.93 bits per heavy atom. The van der Waals surface area contributed by atoms with E-state index in [0.717, 1.165) is 22.4 Å². The van der Waals surface area contributed by atoms with Crippen LogP contribution >= 0.6 is 0 Å². The fourth-order valence-electron chi connectivity index (χ4n) is 3.40. The topological polar surface area (TPSA) is 85.6 Å². The van der Waals surface area contributed by atoms with E-state index in [1.807, 2.05) is 30.3 Å². The Morgan fingerprint density at radius 3 is 2.72 bits per heavy atom. The van der Waals surface area contributed by atoms with Crippen LogP contribution in [0.2, 0.25) is 0 Å². The van der Waals surface area contributed by atoms with E-state index < -0.39 is 4.92 Å². The zero-order valence-corrected chi connectivity index (χ0v) is 15.7. The molecule has 0 spiro atoms. The molecule has 0 radical (unpaired) electrons. The van der Waals surface area contributed by atoms with Gasteiger partial charge >= 0.3 is 0 Å². The van der Waals surface area contributed by atoms with E-state index in [-0.39, 0.29) is 18.0 Å². The quantitative estimate of drug-likeness (QED) is 0.502. The van der Waals surface area contributed by atoms with Crippen molar-refractivity contribution in [3.05, 3.63) is 88.2 Å². The number of non-ortho nitro benzene ring substituents is 1. The number of amides is 1. The summed E-state index contributed by atoms with van der Waals surface area (Å²) in [5, 5.41) is 11.0. The average Bonchev–Trinajstić information content (AvgIpc) is 2.96. The monoisotopic (exact) mass is 389 g/mol. The van der Waals surface area contributed by atoms with Crippen molar-refractivity contribution in [2.45, 2.75) is 13.0 Å². The van der Waals surface area contributed by atoms with E-state index in [1.54, 1.807) is 29.4 Å². The number of rotatable bonds is 4. The van der Waals surface area contributed by atoms with Crippen molar-refractivity contribution in [2.24, 2.45) is 0 Å². The first kappa shape index (κ1) is 18.6. The number of hydrogen-bond donors (Lipinski definition) is 0. The van der Waals surface area contributed by atoms with Gasteiger partial charge in [0.1, 0.15) is 12.4 Å². The van der Waals surface area contributed by atoms with Crippen molar-refractivity contribution in [1.29, 1.82) is 0 Å². The molecule has 0 atom stereocenters. The Labute approximate surface area is 167 Å². The molecule has 4 rings (SSSR count). The Kier molecular flexibility index (Phi) is 5.20. The van der Waals surface area contributed by atoms with Gasteiger partial charge in [0.2, 0.25) is 5.91 Å². The predicted molar refractivity (Wildman–Crippen MR) is 107 cm³/mol. The fraction of sp³-hybridized carbons (Fsp3) is 0.182. The molecule has 3 aromatic rings. The van der Waals surface area contributed by atoms with Crippen molar-refractivity contribution in [1.82, 2.24) is 9.88 Å². The number of benzene rings is 2. The van der Waals surface area contributed by atoms with Crippen LogP contribution < -0.4 is 4.74 Å². The third-order valence-corrected chi connectivity index (χ3v) is 4.88. The molecular formula is C22H19N3O4. The summed E-state index contributed by atoms with van der Waals surface area (Å²) >= 11 is 0. The van der Waals surface area contributed by atoms with Crippen LogP contribution in [0.3, 0.4) is 0 Å². The molecule has 0 aliphatic carbocycles. The first-order chi connectivity index (χ1) is 14.1. The van der Waals surface area contributed by atoms with E-state index in [2.05, 4.69) is 4.98 Å². The van der Waals surface area contributed by atoms with Crippen LogP contribution in [0.25, 0.3) is 11.1 Å². The number of nitro groups is 1. The molecule has 7 heteroatoms. The van der Waals surface area contributed by atoms with Gasteiger partial charge in [-0.2, -0.15) is 0 Å². The molecule has 1 amide bonds. The average molecular weight is 389 g/mol. The van der Waals surface area contributed by atoms with E-state index in [1.165, 1.54) is 12.1 Å². The minimum Gasteiger partial charge on any atom is -0.491 e. The van der Waals surface area contributed by atoms with Crippen LogP contribution in [-0.4, -0.2) is 33.9 Å². The van der Waals surface area contributed by atoms with Crippen LogP contribution in [0.4, 0.5) is 5.69 Å². The number of hydrogen-bond acceptors (Lipinski definition) is 5. The zero-order chi connectivity index (χ0) is 20.2. The number of fused-ring (bicyclic) bond motifs is 1. The normalized spacial score (nSPS) is 13.2. The minimum absolute atomic E-state index is 0.0122. The number of ether oxygens (including phenoxy) is 1. The molecule has 2 aromatic carbocycles. The zero-order valence-electron chi connectivity index (χ0n) is 15.7. The molecule has 0 unspecified atom stereocenters. The van der Waals surface area contributed by atoms with E-state index in [4.69, 9.17) is 4.74 Å². The maximum absolute atomic E-state index is 12.9. The summed E-state index contributed by atoms with van der Waals surface area (Å²) in [5.41, 5.74) is 3.62. The molecule has 2 heterocycles. The molecule has 29 heavy (non-hydrogen) atoms. The first-order valence-electron chi connectivity index (χ1n) is 9.27. The highest BCUT2D eigenvalue weighted by Crippen LogP contribution is 2.29. The van der Waals surface area contributed by atoms with Crippen molar-refractivity contribution < 1.29 is 14.5 Å². The summed E-state index contributed by atoms with van der Waals surface area (Å²) in [6, 6.07) is 16.0. The van der Waals surface area contributed by atoms with Gasteiger partial charge in [-0.25, -0.2) is 0 Å². The number of carbonyl (C=O) groups is 1. The van der Waals surface area contributed by atoms with Crippen LogP contribution in [0.1, 0.15) is 11.1 Å². The summed E-state index contributed by atoms with van der Waals surface area (Å²) in [6.07, 6.45) is 3.60. The highest BCUT2D eigenvalue weighted by molar-refractivity contribution is 5.79. The third-order valence-electron chi connectivity index (χ3n) is 4.88. The number of carbonyl (C=O) groups excluding carboxylic acids is 1. The van der Waals surface area contributed by atoms with Gasteiger partial charge in [-0.15, -0.1) is 0 Å². The lowest BCUT2D eigenvalue weighted by atomic mass is 10.0. The lowest BCUT2D eigenvalue weighted by molar-refractivity contribution is -0.384. The number of aromatic nitrogens is 1. The summed E-state index contributed by atoms with van der Waals surface area (Å²) < 4.78 is 5.82. The van der Waals surface area contributed by atoms with E-state index in [9.17, 15) is 14.9 Å². The van der Waals surface area contributed by atoms with Gasteiger partial charge in [0.25, 0.3) is 5.69 Å². The van der Waals surface area contributed by atoms with Gasteiger partial charge in [-0.05, 0) is 41.0 Å². The van der Waals surface area contributed by atoms with Crippen LogP contribution in [-0.2, 0) is 17.8 Å². The number of pyridine rings is 1. The molecule has 0 saturated carbocycles. The smallest absolute Gasteiger partial charge is 0.269 e. The summed E-state index contributed by atoms with van der Waals surface area (Å²) in [6.45, 7) is 1.30. The van der Waals surface area contributed by atoms with Crippen molar-refractivity contribution >= 4 is 11.6 Å². The maximum Gasteiger partial charge on any atom is 0.269 e. The van der Waals surface area contributed by atoms with Gasteiger partial charge in [-0.1, -0.05) is 18.2 Å². The van der Waals surface area contributed by atoms with Crippen molar-refractivity contribution in [3.8, 4) is 16.9 Å². The van der Waals surface area contributed by atoms with Gasteiger partial charge in [0.15, 0.2) is 0 Å². The summed E-state index contributed by atoms with van der Waals surface area (Å²) in [7, 11) is 0. The first-order valence-corrected chi connectivity index (χ1v) is 9.27. The highest BCUT2D eigenvalue weighted by atomic mass is 16.6. The SMILES string of the molecule is O=C(Cc1cccc([N+](=O)[O-])c1)N1CCOc2ccc(-c3ccncc3)cc2C1. The van der Waals surface area contributed by atoms with Gasteiger partial charge in [-0.3, -0.25) is 19.9 Å². The molecular weight excluding hydrogens is 370 g/mol. The van der Waals surface area contributed by atoms with Gasteiger partial charge in [0.05, 0.1) is 17.9 Å². The Hall–Kier alpha value is -3.74. The molecule has 7 nitrogen and oxygen atoms in total. The Morgan fingerprint density at radius 1 is 1.10 bits per heavy atom. The molecule has 1 aliphatic heterocycles. The van der Waals surface area contributed by atoms with Gasteiger partial charge in [0, 0.05) is 36.6 Å². The minimum atomic E-state index is -0.454. The van der Waals surface area contributed by atoms with Crippen LogP contribution in [0, 0.1) is 10.1 Å². The standard InChI is InChI=1S/C22H19N3O4/c26-22(13-16-2-1-3-20(12-16)25(27)28)24-10-11-29-21-5-4-18(14-19(21)15-24)17-6-8-23-9-7-17/h1-9,12,14H,10-11,13,15H2. The molecule has 0 bridgehead atoms. The molecule has 1 aromatic heterocycles. The van der Waals surface area contributed by atoms with Crippen molar-refractivity contribution in [2.75, 3.05) is 13.2 Å². The van der Waals surface area contributed by atoms with Crippen LogP contribution in [0.15, 0.2) is 67.0 Å². The number of nitro benzene ring substituents is 1. The Bertz CT molecular complexity index is 1050. The fourth-order valence-corrected chi connectivity index (χ4v) is 3.40. The maximum atomic E-state index is 12.9. The molecule has 146 valence electrons. The lowest BCUT2D eigenvalue weighted by Crippen LogP contribution is -2.33. The summed E-state index contributed by atoms with van der Waals surface area (Å²) in [4.78, 5) is 29.1. The van der Waals surface area contributed by atoms with E-state index >= 15 is 0 Å². The second kappa shape index (κ2) is 8.10. The molecule has 1 aliphatic rings. The lowest BCUT2D eigenvalue weighted by Gasteiger charge is -2.20. The third kappa shape index (κ3) is 4.24. The largest absolute Gasteiger partial charge is 0.491 e. The van der Waals surface area contributed by atoms with Crippen LogP contribution in [0.5, 0.6) is 5.75 Å². The molecule has 0 N–H and O–H groups in total. The van der Waals surface area contributed by atoms with E-state index in [0.29, 0.717) is 25.3 Å². The molecule has 0 saturated heterocycles. The summed E-state index contributed by atoms with van der Waals surface area (Å²) in [5.74, 6) is 0.685. The van der Waals surface area contributed by atoms with Gasteiger partial charge < -0.3 is 9.64 Å². The number of nitrogens with zero attached hydrogens (tertiary/aromatic N) is 3. The second-order valence-corrected chi connectivity index (χ2v) is 6.83.